The van der Waals surface area contributed by atoms with Gasteiger partial charge in [0.25, 0.3) is 0 Å². The van der Waals surface area contributed by atoms with E-state index in [-0.39, 0.29) is 5.91 Å². The largest absolute Gasteiger partial charge is 0.435 e. The molecule has 0 saturated carbocycles. The third-order valence-corrected chi connectivity index (χ3v) is 2.94. The fraction of sp³-hybridized carbons (Fsp3) is 0.857. The molecule has 19 heavy (non-hydrogen) atoms. The maximum atomic E-state index is 12.1. The third kappa shape index (κ3) is 7.15. The van der Waals surface area contributed by atoms with Crippen LogP contribution in [0.5, 0.6) is 0 Å². The number of unbranched alkanes of at least 4 members (excludes halogenated alkanes) is 5. The van der Waals surface area contributed by atoms with E-state index in [0.717, 1.165) is 24.2 Å². The van der Waals surface area contributed by atoms with Gasteiger partial charge in [-0.2, -0.15) is 5.90 Å². The summed E-state index contributed by atoms with van der Waals surface area (Å²) in [5, 5.41) is 0. The molecule has 0 heterocycles. The number of carbonyl (C=O) groups is 2. The molecule has 5 nitrogen and oxygen atoms in total. The lowest BCUT2D eigenvalue weighted by atomic mass is 9.94. The van der Waals surface area contributed by atoms with Crippen LogP contribution in [0.2, 0.25) is 0 Å². The van der Waals surface area contributed by atoms with E-state index >= 15 is 0 Å². The Kier molecular flexibility index (Phi) is 8.39. The average molecular weight is 272 g/mol. The smallest absolute Gasteiger partial charge is 0.356 e. The Hall–Kier alpha value is -1.10. The molecule has 0 atom stereocenters. The van der Waals surface area contributed by atoms with Crippen molar-refractivity contribution >= 4 is 12.0 Å². The minimum absolute atomic E-state index is 0.253. The molecule has 0 spiro atoms. The molecule has 0 unspecified atom stereocenters. The zero-order valence-corrected chi connectivity index (χ0v) is 12.7. The maximum absolute atomic E-state index is 12.1. The molecule has 2 amide bonds. The third-order valence-electron chi connectivity index (χ3n) is 2.94. The van der Waals surface area contributed by atoms with Crippen molar-refractivity contribution in [2.24, 2.45) is 11.3 Å². The maximum Gasteiger partial charge on any atom is 0.435 e. The molecule has 0 fully saturated rings. The van der Waals surface area contributed by atoms with Crippen LogP contribution in [0.1, 0.15) is 66.2 Å². The normalized spacial score (nSPS) is 11.2. The summed E-state index contributed by atoms with van der Waals surface area (Å²) in [5.74, 6) is 4.63. The zero-order chi connectivity index (χ0) is 14.9. The lowest BCUT2D eigenvalue weighted by Crippen LogP contribution is -2.45. The molecule has 0 saturated heterocycles. The highest BCUT2D eigenvalue weighted by Gasteiger charge is 2.31. The number of imide groups is 1. The highest BCUT2D eigenvalue weighted by molar-refractivity contribution is 5.94. The van der Waals surface area contributed by atoms with Crippen LogP contribution in [-0.4, -0.2) is 23.4 Å². The van der Waals surface area contributed by atoms with E-state index in [1.165, 1.54) is 19.3 Å². The summed E-state index contributed by atoms with van der Waals surface area (Å²) in [6.45, 7) is 7.85. The Bertz CT molecular complexity index is 285. The van der Waals surface area contributed by atoms with Crippen LogP contribution in [0.3, 0.4) is 0 Å². The lowest BCUT2D eigenvalue weighted by molar-refractivity contribution is -0.137. The van der Waals surface area contributed by atoms with Crippen LogP contribution >= 0.6 is 0 Å². The van der Waals surface area contributed by atoms with Crippen molar-refractivity contribution < 1.29 is 14.4 Å². The van der Waals surface area contributed by atoms with E-state index < -0.39 is 11.5 Å². The first-order valence-electron chi connectivity index (χ1n) is 7.07. The fourth-order valence-electron chi connectivity index (χ4n) is 1.79. The first-order valence-corrected chi connectivity index (χ1v) is 7.07. The van der Waals surface area contributed by atoms with Gasteiger partial charge in [-0.05, 0) is 6.42 Å². The fourth-order valence-corrected chi connectivity index (χ4v) is 1.79. The molecule has 0 aromatic carbocycles. The van der Waals surface area contributed by atoms with E-state index in [2.05, 4.69) is 11.8 Å². The molecule has 112 valence electrons. The number of rotatable bonds is 7. The molecular formula is C14H28N2O3. The first-order chi connectivity index (χ1) is 8.84. The Morgan fingerprint density at radius 1 is 1.05 bits per heavy atom. The molecule has 0 aromatic heterocycles. The van der Waals surface area contributed by atoms with E-state index in [0.29, 0.717) is 6.54 Å². The zero-order valence-electron chi connectivity index (χ0n) is 12.7. The standard InChI is InChI=1S/C14H28N2O3/c1-5-6-7-8-9-10-11-16(13(18)19-15)12(17)14(2,3)4/h5-11,15H2,1-4H3. The van der Waals surface area contributed by atoms with Crippen LogP contribution in [0.4, 0.5) is 4.79 Å². The molecule has 0 rings (SSSR count). The number of nitrogens with two attached hydrogens (primary N) is 1. The van der Waals surface area contributed by atoms with E-state index in [4.69, 9.17) is 5.90 Å². The number of hydrogen-bond donors (Lipinski definition) is 1. The summed E-state index contributed by atoms with van der Waals surface area (Å²) in [6, 6.07) is 0. The van der Waals surface area contributed by atoms with Gasteiger partial charge in [-0.3, -0.25) is 4.79 Å². The number of hydrogen-bond acceptors (Lipinski definition) is 4. The van der Waals surface area contributed by atoms with Crippen molar-refractivity contribution in [2.75, 3.05) is 6.54 Å². The molecule has 0 bridgehead atoms. The van der Waals surface area contributed by atoms with Crippen molar-refractivity contribution in [3.8, 4) is 0 Å². The second-order valence-corrected chi connectivity index (χ2v) is 5.86. The predicted octanol–water partition coefficient (Wildman–Crippen LogP) is 3.23. The van der Waals surface area contributed by atoms with Crippen LogP contribution < -0.4 is 5.90 Å². The molecule has 0 aromatic rings. The SMILES string of the molecule is CCCCCCCCN(C(=O)ON)C(=O)C(C)(C)C. The minimum atomic E-state index is -0.770. The Morgan fingerprint density at radius 3 is 2.05 bits per heavy atom. The van der Waals surface area contributed by atoms with Crippen LogP contribution in [0.15, 0.2) is 0 Å². The quantitative estimate of drug-likeness (QED) is 0.570. The van der Waals surface area contributed by atoms with E-state index in [9.17, 15) is 9.59 Å². The summed E-state index contributed by atoms with van der Waals surface area (Å²) in [6.07, 6.45) is 5.79. The van der Waals surface area contributed by atoms with Gasteiger partial charge in [0.05, 0.1) is 0 Å². The van der Waals surface area contributed by atoms with Gasteiger partial charge in [0.15, 0.2) is 0 Å². The molecular weight excluding hydrogens is 244 g/mol. The highest BCUT2D eigenvalue weighted by Crippen LogP contribution is 2.18. The molecule has 0 aliphatic carbocycles. The average Bonchev–Trinajstić information content (AvgIpc) is 2.35. The number of amides is 2. The second-order valence-electron chi connectivity index (χ2n) is 5.86. The van der Waals surface area contributed by atoms with Crippen LogP contribution in [0, 0.1) is 5.41 Å². The van der Waals surface area contributed by atoms with Gasteiger partial charge in [-0.15, -0.1) is 0 Å². The van der Waals surface area contributed by atoms with Crippen molar-refractivity contribution in [2.45, 2.75) is 66.2 Å². The van der Waals surface area contributed by atoms with Crippen molar-refractivity contribution in [1.82, 2.24) is 4.90 Å². The van der Waals surface area contributed by atoms with E-state index in [1.54, 1.807) is 20.8 Å². The number of nitrogens with zero attached hydrogens (tertiary/aromatic N) is 1. The summed E-state index contributed by atoms with van der Waals surface area (Å²) < 4.78 is 0. The monoisotopic (exact) mass is 272 g/mol. The Balaban J connectivity index is 4.24. The van der Waals surface area contributed by atoms with Gasteiger partial charge >= 0.3 is 6.09 Å². The lowest BCUT2D eigenvalue weighted by Gasteiger charge is -2.26. The molecule has 0 aliphatic heterocycles. The van der Waals surface area contributed by atoms with E-state index in [1.807, 2.05) is 0 Å². The van der Waals surface area contributed by atoms with Gasteiger partial charge in [0.1, 0.15) is 0 Å². The highest BCUT2D eigenvalue weighted by atomic mass is 16.7. The summed E-state index contributed by atoms with van der Waals surface area (Å²) in [4.78, 5) is 28.9. The van der Waals surface area contributed by atoms with Crippen LogP contribution in [-0.2, 0) is 9.63 Å². The van der Waals surface area contributed by atoms with Gasteiger partial charge in [-0.25, -0.2) is 9.69 Å². The van der Waals surface area contributed by atoms with Crippen molar-refractivity contribution in [1.29, 1.82) is 0 Å². The predicted molar refractivity (Wildman–Crippen MR) is 75.2 cm³/mol. The molecule has 2 N–H and O–H groups in total. The van der Waals surface area contributed by atoms with Crippen molar-refractivity contribution in [3.63, 3.8) is 0 Å². The van der Waals surface area contributed by atoms with Crippen molar-refractivity contribution in [3.05, 3.63) is 0 Å². The summed E-state index contributed by atoms with van der Waals surface area (Å²) in [7, 11) is 0. The summed E-state index contributed by atoms with van der Waals surface area (Å²) in [5.41, 5.74) is -0.615. The molecule has 0 radical (unpaired) electrons. The topological polar surface area (TPSA) is 72.6 Å². The van der Waals surface area contributed by atoms with Gasteiger partial charge in [0, 0.05) is 12.0 Å². The Labute approximate surface area is 116 Å². The first kappa shape index (κ1) is 17.9. The van der Waals surface area contributed by atoms with Crippen LogP contribution in [0.25, 0.3) is 0 Å². The second kappa shape index (κ2) is 8.91. The number of carbonyl (C=O) groups excluding carboxylic acids is 2. The van der Waals surface area contributed by atoms with Gasteiger partial charge in [-0.1, -0.05) is 59.8 Å². The minimum Gasteiger partial charge on any atom is -0.356 e. The molecule has 0 aliphatic rings. The van der Waals surface area contributed by atoms with Gasteiger partial charge in [0.2, 0.25) is 5.91 Å². The van der Waals surface area contributed by atoms with Gasteiger partial charge < -0.3 is 4.84 Å². The summed E-state index contributed by atoms with van der Waals surface area (Å²) >= 11 is 0. The molecule has 5 heteroatoms. The Morgan fingerprint density at radius 2 is 1.58 bits per heavy atom.